The number of anilines is 6. The van der Waals surface area contributed by atoms with E-state index < -0.39 is 0 Å². The average Bonchev–Trinajstić information content (AvgIpc) is 3.01. The number of benzene rings is 6. The van der Waals surface area contributed by atoms with Crippen LogP contribution in [0, 0.1) is 13.8 Å². The van der Waals surface area contributed by atoms with Gasteiger partial charge in [0.2, 0.25) is 0 Å². The normalized spacial score (nSPS) is 15.4. The summed E-state index contributed by atoms with van der Waals surface area (Å²) in [6.07, 6.45) is 0. The maximum absolute atomic E-state index is 2.54. The fourth-order valence-electron chi connectivity index (χ4n) is 7.92. The van der Waals surface area contributed by atoms with E-state index in [1.54, 1.807) is 0 Å². The van der Waals surface area contributed by atoms with E-state index in [4.69, 9.17) is 0 Å². The van der Waals surface area contributed by atoms with E-state index in [0.29, 0.717) is 0 Å². The monoisotopic (exact) mass is 570 g/mol. The molecule has 6 aromatic rings. The number of rotatable bonds is 3. The highest BCUT2D eigenvalue weighted by Crippen LogP contribution is 2.60. The zero-order chi connectivity index (χ0) is 30.4. The summed E-state index contributed by atoms with van der Waals surface area (Å²) in [6, 6.07) is 45.3. The minimum Gasteiger partial charge on any atom is -0.310 e. The molecule has 2 aliphatic heterocycles. The number of fused-ring (bicyclic) bond motifs is 5. The van der Waals surface area contributed by atoms with Gasteiger partial charge in [0.15, 0.2) is 0 Å². The minimum absolute atomic E-state index is 0.0832. The highest BCUT2D eigenvalue weighted by Gasteiger charge is 2.45. The summed E-state index contributed by atoms with van der Waals surface area (Å²) < 4.78 is 0. The van der Waals surface area contributed by atoms with E-state index >= 15 is 0 Å². The first kappa shape index (κ1) is 26.8. The molecule has 2 aliphatic rings. The van der Waals surface area contributed by atoms with Crippen molar-refractivity contribution in [2.24, 2.45) is 0 Å². The smallest absolute Gasteiger partial charge is 0.0543 e. The Kier molecular flexibility index (Phi) is 5.68. The van der Waals surface area contributed by atoms with E-state index in [0.717, 1.165) is 0 Å². The molecule has 0 atom stereocenters. The molecule has 0 radical (unpaired) electrons. The van der Waals surface area contributed by atoms with Crippen molar-refractivity contribution in [2.75, 3.05) is 9.80 Å². The van der Waals surface area contributed by atoms with Crippen LogP contribution in [0.2, 0.25) is 0 Å². The summed E-state index contributed by atoms with van der Waals surface area (Å²) in [5, 5.41) is 2.49. The molecule has 216 valence electrons. The minimum atomic E-state index is -0.192. The third kappa shape index (κ3) is 3.73. The maximum Gasteiger partial charge on any atom is 0.0543 e. The van der Waals surface area contributed by atoms with Crippen LogP contribution in [-0.2, 0) is 10.8 Å². The van der Waals surface area contributed by atoms with Crippen molar-refractivity contribution >= 4 is 44.9 Å². The molecule has 0 saturated heterocycles. The van der Waals surface area contributed by atoms with Crippen molar-refractivity contribution in [3.05, 3.63) is 155 Å². The summed E-state index contributed by atoms with van der Waals surface area (Å²) in [7, 11) is 0. The molecule has 2 heteroatoms. The van der Waals surface area contributed by atoms with Gasteiger partial charge in [-0.2, -0.15) is 0 Å². The van der Waals surface area contributed by atoms with Crippen LogP contribution in [-0.4, -0.2) is 0 Å². The zero-order valence-electron chi connectivity index (χ0n) is 26.4. The molecular weight excluding hydrogens is 532 g/mol. The Balaban J connectivity index is 1.41. The van der Waals surface area contributed by atoms with Crippen molar-refractivity contribution in [1.29, 1.82) is 0 Å². The van der Waals surface area contributed by atoms with Crippen molar-refractivity contribution in [3.8, 4) is 0 Å². The Bertz CT molecular complexity index is 2090. The predicted molar refractivity (Wildman–Crippen MR) is 187 cm³/mol. The van der Waals surface area contributed by atoms with Gasteiger partial charge in [-0.25, -0.2) is 0 Å². The summed E-state index contributed by atoms with van der Waals surface area (Å²) in [5.41, 5.74) is 15.2. The molecule has 2 heterocycles. The van der Waals surface area contributed by atoms with Crippen molar-refractivity contribution in [3.63, 3.8) is 0 Å². The summed E-state index contributed by atoms with van der Waals surface area (Å²) in [4.78, 5) is 4.99. The van der Waals surface area contributed by atoms with Gasteiger partial charge in [-0.3, -0.25) is 0 Å². The van der Waals surface area contributed by atoms with Gasteiger partial charge in [-0.1, -0.05) is 107 Å². The molecule has 0 unspecified atom stereocenters. The highest BCUT2D eigenvalue weighted by atomic mass is 15.2. The lowest BCUT2D eigenvalue weighted by Gasteiger charge is -2.49. The van der Waals surface area contributed by atoms with Gasteiger partial charge in [0, 0.05) is 27.6 Å². The molecule has 0 aliphatic carbocycles. The quantitative estimate of drug-likeness (QED) is 0.209. The predicted octanol–water partition coefficient (Wildman–Crippen LogP) is 11.7. The van der Waals surface area contributed by atoms with Crippen LogP contribution in [0.1, 0.15) is 61.1 Å². The molecular formula is C42H38N2. The topological polar surface area (TPSA) is 6.48 Å². The molecule has 0 spiro atoms. The average molecular weight is 571 g/mol. The summed E-state index contributed by atoms with van der Waals surface area (Å²) >= 11 is 0. The van der Waals surface area contributed by atoms with Gasteiger partial charge < -0.3 is 9.80 Å². The number of hydrogen-bond donors (Lipinski definition) is 0. The molecule has 0 bridgehead atoms. The van der Waals surface area contributed by atoms with Gasteiger partial charge in [-0.15, -0.1) is 0 Å². The Morgan fingerprint density at radius 3 is 1.86 bits per heavy atom. The van der Waals surface area contributed by atoms with Crippen LogP contribution in [0.5, 0.6) is 0 Å². The second kappa shape index (κ2) is 9.34. The molecule has 0 N–H and O–H groups in total. The number of para-hydroxylation sites is 2. The van der Waals surface area contributed by atoms with Gasteiger partial charge in [-0.05, 0) is 95.1 Å². The van der Waals surface area contributed by atoms with Crippen LogP contribution in [0.25, 0.3) is 10.8 Å². The first-order valence-electron chi connectivity index (χ1n) is 15.7. The van der Waals surface area contributed by atoms with Crippen LogP contribution >= 0.6 is 0 Å². The fraction of sp³-hybridized carbons (Fsp3) is 0.190. The number of aryl methyl sites for hydroxylation is 2. The molecule has 8 rings (SSSR count). The number of nitrogens with zero attached hydrogens (tertiary/aromatic N) is 2. The Labute approximate surface area is 261 Å². The molecule has 2 nitrogen and oxygen atoms in total. The van der Waals surface area contributed by atoms with Gasteiger partial charge in [0.25, 0.3) is 0 Å². The van der Waals surface area contributed by atoms with Crippen molar-refractivity contribution < 1.29 is 0 Å². The maximum atomic E-state index is 2.54. The molecule has 0 aromatic heterocycles. The lowest BCUT2D eigenvalue weighted by atomic mass is 9.66. The molecule has 44 heavy (non-hydrogen) atoms. The van der Waals surface area contributed by atoms with E-state index in [-0.39, 0.29) is 10.8 Å². The molecule has 0 amide bonds. The Morgan fingerprint density at radius 1 is 0.500 bits per heavy atom. The highest BCUT2D eigenvalue weighted by molar-refractivity contribution is 6.00. The second-order valence-corrected chi connectivity index (χ2v) is 13.7. The van der Waals surface area contributed by atoms with Crippen LogP contribution in [0.4, 0.5) is 34.1 Å². The lowest BCUT2D eigenvalue weighted by molar-refractivity contribution is 0.597. The van der Waals surface area contributed by atoms with E-state index in [9.17, 15) is 0 Å². The first-order valence-corrected chi connectivity index (χ1v) is 15.7. The standard InChI is InChI=1S/C42H38N2/c1-27-23-28(2)25-31(24-27)43(37-20-11-14-29-13-7-8-15-32(29)37)30-21-22-39-36(26-30)42(5,6)35-18-12-17-34-40(35)44(39)38-19-10-9-16-33(38)41(34,3)4/h7-26H,1-6H3. The van der Waals surface area contributed by atoms with Crippen LogP contribution in [0.15, 0.2) is 121 Å². The number of hydrogen-bond acceptors (Lipinski definition) is 2. The van der Waals surface area contributed by atoms with E-state index in [1.165, 1.54) is 78.3 Å². The van der Waals surface area contributed by atoms with E-state index in [1.807, 2.05) is 0 Å². The second-order valence-electron chi connectivity index (χ2n) is 13.7. The van der Waals surface area contributed by atoms with Gasteiger partial charge >= 0.3 is 0 Å². The lowest BCUT2D eigenvalue weighted by Crippen LogP contribution is -2.38. The third-order valence-electron chi connectivity index (χ3n) is 10.0. The first-order chi connectivity index (χ1) is 21.2. The van der Waals surface area contributed by atoms with Crippen molar-refractivity contribution in [1.82, 2.24) is 0 Å². The Hall–Kier alpha value is -4.82. The van der Waals surface area contributed by atoms with Crippen molar-refractivity contribution in [2.45, 2.75) is 52.4 Å². The summed E-state index contributed by atoms with van der Waals surface area (Å²) in [6.45, 7) is 13.9. The molecule has 0 saturated carbocycles. The van der Waals surface area contributed by atoms with E-state index in [2.05, 4.69) is 173 Å². The van der Waals surface area contributed by atoms with Crippen LogP contribution in [0.3, 0.4) is 0 Å². The third-order valence-corrected chi connectivity index (χ3v) is 10.0. The zero-order valence-corrected chi connectivity index (χ0v) is 26.4. The van der Waals surface area contributed by atoms with Gasteiger partial charge in [0.1, 0.15) is 0 Å². The molecule has 6 aromatic carbocycles. The molecule has 0 fully saturated rings. The fourth-order valence-corrected chi connectivity index (χ4v) is 7.92. The Morgan fingerprint density at radius 2 is 1.09 bits per heavy atom. The van der Waals surface area contributed by atoms with Crippen LogP contribution < -0.4 is 9.80 Å². The largest absolute Gasteiger partial charge is 0.310 e. The van der Waals surface area contributed by atoms with Gasteiger partial charge in [0.05, 0.1) is 22.7 Å². The SMILES string of the molecule is Cc1cc(C)cc(N(c2ccc3c(c2)C(C)(C)c2cccc4c2N3c2ccccc2C4(C)C)c2cccc3ccccc23)c1. The summed E-state index contributed by atoms with van der Waals surface area (Å²) in [5.74, 6) is 0.